The maximum absolute atomic E-state index is 12.7. The molecule has 6 nitrogen and oxygen atoms in total. The van der Waals surface area contributed by atoms with Crippen LogP contribution in [0.2, 0.25) is 0 Å². The molecule has 3 aromatic rings. The molecule has 1 N–H and O–H groups in total. The standard InChI is InChI=1S/C25H27N3O3S2/c1-3-31-25(30)16-7-9-17(10-8-16)26-20(29)13-32-23-21-18-11-4-14(2)12-19(18)33-24(21)28-22(27-23)15-5-6-15/h7-10,14-15H,3-6,11-13H2,1-2H3,(H,26,29). The summed E-state index contributed by atoms with van der Waals surface area (Å²) in [6.07, 6.45) is 5.67. The molecule has 1 fully saturated rings. The van der Waals surface area contributed by atoms with Crippen LogP contribution in [0.15, 0.2) is 29.3 Å². The number of anilines is 1. The van der Waals surface area contributed by atoms with Crippen molar-refractivity contribution in [1.29, 1.82) is 0 Å². The van der Waals surface area contributed by atoms with E-state index in [-0.39, 0.29) is 17.6 Å². The number of aromatic nitrogens is 2. The van der Waals surface area contributed by atoms with Gasteiger partial charge in [-0.3, -0.25) is 4.79 Å². The minimum atomic E-state index is -0.362. The van der Waals surface area contributed by atoms with Crippen LogP contribution in [-0.2, 0) is 22.4 Å². The fourth-order valence-electron chi connectivity index (χ4n) is 4.19. The first-order valence-electron chi connectivity index (χ1n) is 11.5. The molecular weight excluding hydrogens is 454 g/mol. The van der Waals surface area contributed by atoms with Crippen LogP contribution in [0.3, 0.4) is 0 Å². The Hall–Kier alpha value is -2.45. The summed E-state index contributed by atoms with van der Waals surface area (Å²) in [6, 6.07) is 6.77. The SMILES string of the molecule is CCOC(=O)c1ccc(NC(=O)CSc2nc(C3CC3)nc3sc4c(c23)CCC(C)C4)cc1. The molecule has 2 aromatic heterocycles. The Morgan fingerprint density at radius 2 is 1.97 bits per heavy atom. The third-order valence-electron chi connectivity index (χ3n) is 6.10. The largest absolute Gasteiger partial charge is 0.462 e. The summed E-state index contributed by atoms with van der Waals surface area (Å²) in [5, 5.41) is 5.03. The second kappa shape index (κ2) is 9.43. The van der Waals surface area contributed by atoms with Gasteiger partial charge in [-0.25, -0.2) is 14.8 Å². The van der Waals surface area contributed by atoms with Crippen molar-refractivity contribution in [1.82, 2.24) is 9.97 Å². The van der Waals surface area contributed by atoms with Gasteiger partial charge in [-0.15, -0.1) is 11.3 Å². The number of nitrogens with zero attached hydrogens (tertiary/aromatic N) is 2. The lowest BCUT2D eigenvalue weighted by Gasteiger charge is -2.18. The Labute approximate surface area is 201 Å². The number of carbonyl (C=O) groups is 2. The van der Waals surface area contributed by atoms with Crippen molar-refractivity contribution in [3.63, 3.8) is 0 Å². The Morgan fingerprint density at radius 3 is 2.70 bits per heavy atom. The van der Waals surface area contributed by atoms with E-state index in [0.717, 1.165) is 41.4 Å². The van der Waals surface area contributed by atoms with Gasteiger partial charge in [-0.05, 0) is 74.8 Å². The molecule has 2 aliphatic carbocycles. The Morgan fingerprint density at radius 1 is 1.18 bits per heavy atom. The highest BCUT2D eigenvalue weighted by Gasteiger charge is 2.30. The van der Waals surface area contributed by atoms with E-state index in [2.05, 4.69) is 12.2 Å². The zero-order valence-corrected chi connectivity index (χ0v) is 20.5. The first-order chi connectivity index (χ1) is 16.0. The molecule has 1 unspecified atom stereocenters. The van der Waals surface area contributed by atoms with Crippen LogP contribution in [0.1, 0.15) is 65.7 Å². The van der Waals surface area contributed by atoms with E-state index >= 15 is 0 Å². The maximum atomic E-state index is 12.7. The molecular formula is C25H27N3O3S2. The summed E-state index contributed by atoms with van der Waals surface area (Å²) in [7, 11) is 0. The number of rotatable bonds is 7. The highest BCUT2D eigenvalue weighted by molar-refractivity contribution is 8.00. The fourth-order valence-corrected chi connectivity index (χ4v) is 6.50. The summed E-state index contributed by atoms with van der Waals surface area (Å²) < 4.78 is 5.00. The monoisotopic (exact) mass is 481 g/mol. The normalized spacial score (nSPS) is 17.6. The minimum Gasteiger partial charge on any atom is -0.462 e. The number of thiophene rings is 1. The number of thioether (sulfide) groups is 1. The van der Waals surface area contributed by atoms with Crippen molar-refractivity contribution < 1.29 is 14.3 Å². The summed E-state index contributed by atoms with van der Waals surface area (Å²) in [5.41, 5.74) is 2.52. The van der Waals surface area contributed by atoms with E-state index in [1.54, 1.807) is 31.2 Å². The molecule has 5 rings (SSSR count). The van der Waals surface area contributed by atoms with Crippen molar-refractivity contribution in [3.05, 3.63) is 46.1 Å². The number of hydrogen-bond acceptors (Lipinski definition) is 7. The highest BCUT2D eigenvalue weighted by Crippen LogP contribution is 2.44. The first-order valence-corrected chi connectivity index (χ1v) is 13.3. The molecule has 0 radical (unpaired) electrons. The Bertz CT molecular complexity index is 1200. The van der Waals surface area contributed by atoms with Gasteiger partial charge in [0.1, 0.15) is 15.7 Å². The first kappa shape index (κ1) is 22.3. The number of esters is 1. The molecule has 8 heteroatoms. The lowest BCUT2D eigenvalue weighted by atomic mass is 9.89. The number of ether oxygens (including phenoxy) is 1. The van der Waals surface area contributed by atoms with Gasteiger partial charge < -0.3 is 10.1 Å². The van der Waals surface area contributed by atoms with E-state index in [9.17, 15) is 9.59 Å². The molecule has 172 valence electrons. The van der Waals surface area contributed by atoms with Gasteiger partial charge >= 0.3 is 5.97 Å². The van der Waals surface area contributed by atoms with E-state index in [0.29, 0.717) is 29.7 Å². The number of nitrogens with one attached hydrogen (secondary N) is 1. The summed E-state index contributed by atoms with van der Waals surface area (Å²) in [5.74, 6) is 1.93. The van der Waals surface area contributed by atoms with Crippen molar-refractivity contribution in [2.75, 3.05) is 17.7 Å². The van der Waals surface area contributed by atoms with Crippen molar-refractivity contribution in [2.24, 2.45) is 5.92 Å². The van der Waals surface area contributed by atoms with Crippen LogP contribution in [0.25, 0.3) is 10.2 Å². The van der Waals surface area contributed by atoms with Gasteiger partial charge in [0.15, 0.2) is 0 Å². The predicted octanol–water partition coefficient (Wildman–Crippen LogP) is 5.60. The number of fused-ring (bicyclic) bond motifs is 3. The summed E-state index contributed by atoms with van der Waals surface area (Å²) in [6.45, 7) is 4.42. The van der Waals surface area contributed by atoms with Gasteiger partial charge in [0, 0.05) is 21.9 Å². The van der Waals surface area contributed by atoms with Gasteiger partial charge in [0.05, 0.1) is 17.9 Å². The molecule has 2 heterocycles. The molecule has 1 saturated carbocycles. The van der Waals surface area contributed by atoms with E-state index < -0.39 is 0 Å². The molecule has 2 aliphatic rings. The van der Waals surface area contributed by atoms with Crippen LogP contribution in [0, 0.1) is 5.92 Å². The molecule has 0 bridgehead atoms. The van der Waals surface area contributed by atoms with Gasteiger partial charge in [-0.1, -0.05) is 18.7 Å². The van der Waals surface area contributed by atoms with Crippen LogP contribution < -0.4 is 5.32 Å². The maximum Gasteiger partial charge on any atom is 0.338 e. The van der Waals surface area contributed by atoms with Crippen LogP contribution >= 0.6 is 23.1 Å². The van der Waals surface area contributed by atoms with Crippen LogP contribution in [0.5, 0.6) is 0 Å². The van der Waals surface area contributed by atoms with Gasteiger partial charge in [0.2, 0.25) is 5.91 Å². The lowest BCUT2D eigenvalue weighted by molar-refractivity contribution is -0.113. The van der Waals surface area contributed by atoms with Crippen LogP contribution in [0.4, 0.5) is 5.69 Å². The second-order valence-electron chi connectivity index (χ2n) is 8.83. The molecule has 0 aliphatic heterocycles. The topological polar surface area (TPSA) is 81.2 Å². The third kappa shape index (κ3) is 4.92. The Kier molecular flexibility index (Phi) is 6.38. The third-order valence-corrected chi connectivity index (χ3v) is 8.23. The van der Waals surface area contributed by atoms with E-state index in [4.69, 9.17) is 14.7 Å². The smallest absolute Gasteiger partial charge is 0.338 e. The number of benzene rings is 1. The predicted molar refractivity (Wildman–Crippen MR) is 132 cm³/mol. The number of aryl methyl sites for hydroxylation is 1. The number of amides is 1. The average Bonchev–Trinajstić information content (AvgIpc) is 3.59. The molecule has 1 atom stereocenters. The Balaban J connectivity index is 1.31. The summed E-state index contributed by atoms with van der Waals surface area (Å²) >= 11 is 3.32. The molecule has 0 spiro atoms. The number of hydrogen-bond donors (Lipinski definition) is 1. The second-order valence-corrected chi connectivity index (χ2v) is 10.9. The highest BCUT2D eigenvalue weighted by atomic mass is 32.2. The van der Waals surface area contributed by atoms with Gasteiger partial charge in [-0.2, -0.15) is 0 Å². The lowest BCUT2D eigenvalue weighted by Crippen LogP contribution is -2.14. The minimum absolute atomic E-state index is 0.0960. The zero-order valence-electron chi connectivity index (χ0n) is 18.8. The number of carbonyl (C=O) groups excluding carboxylic acids is 2. The molecule has 33 heavy (non-hydrogen) atoms. The average molecular weight is 482 g/mol. The molecule has 0 saturated heterocycles. The quantitative estimate of drug-likeness (QED) is 0.269. The fraction of sp³-hybridized carbons (Fsp3) is 0.440. The van der Waals surface area contributed by atoms with Crippen LogP contribution in [-0.4, -0.2) is 34.2 Å². The summed E-state index contributed by atoms with van der Waals surface area (Å²) in [4.78, 5) is 36.8. The van der Waals surface area contributed by atoms with Crippen molar-refractivity contribution in [2.45, 2.75) is 56.9 Å². The van der Waals surface area contributed by atoms with Crippen molar-refractivity contribution >= 4 is 50.9 Å². The van der Waals surface area contributed by atoms with Crippen molar-refractivity contribution in [3.8, 4) is 0 Å². The molecule has 1 amide bonds. The van der Waals surface area contributed by atoms with E-state index in [1.807, 2.05) is 11.3 Å². The zero-order chi connectivity index (χ0) is 22.9. The van der Waals surface area contributed by atoms with Gasteiger partial charge in [0.25, 0.3) is 0 Å². The van der Waals surface area contributed by atoms with E-state index in [1.165, 1.54) is 34.0 Å². The molecule has 1 aromatic carbocycles.